The minimum absolute atomic E-state index is 0.0159. The average molecular weight is 489 g/mol. The lowest BCUT2D eigenvalue weighted by Gasteiger charge is -2.29. The quantitative estimate of drug-likeness (QED) is 0.326. The molecule has 0 spiro atoms. The monoisotopic (exact) mass is 488 g/mol. The molecular formula is C29H36N4O3. The van der Waals surface area contributed by atoms with Gasteiger partial charge in [-0.25, -0.2) is 4.79 Å². The highest BCUT2D eigenvalue weighted by Crippen LogP contribution is 2.35. The zero-order chi connectivity index (χ0) is 25.2. The molecule has 1 fully saturated rings. The number of fused-ring (bicyclic) bond motifs is 3. The van der Waals surface area contributed by atoms with Gasteiger partial charge in [0, 0.05) is 32.1 Å². The molecule has 0 unspecified atom stereocenters. The van der Waals surface area contributed by atoms with Crippen molar-refractivity contribution in [3.63, 3.8) is 0 Å². The van der Waals surface area contributed by atoms with Crippen LogP contribution in [0.25, 0.3) is 33.1 Å². The van der Waals surface area contributed by atoms with E-state index in [9.17, 15) is 4.79 Å². The van der Waals surface area contributed by atoms with E-state index in [1.807, 2.05) is 29.9 Å². The number of imidazole rings is 1. The number of rotatable bonds is 8. The Balaban J connectivity index is 1.51. The third kappa shape index (κ3) is 4.77. The van der Waals surface area contributed by atoms with Crippen molar-refractivity contribution in [1.29, 1.82) is 0 Å². The molecular weight excluding hydrogens is 452 g/mol. The average Bonchev–Trinajstić information content (AvgIpc) is 3.16. The van der Waals surface area contributed by atoms with E-state index in [0.717, 1.165) is 77.5 Å². The second-order valence-electron chi connectivity index (χ2n) is 10.1. The molecule has 7 nitrogen and oxygen atoms in total. The van der Waals surface area contributed by atoms with Crippen molar-refractivity contribution in [3.05, 3.63) is 59.1 Å². The van der Waals surface area contributed by atoms with Gasteiger partial charge in [0.2, 0.25) is 0 Å². The molecule has 36 heavy (non-hydrogen) atoms. The maximum atomic E-state index is 13.4. The van der Waals surface area contributed by atoms with Gasteiger partial charge in [-0.05, 0) is 81.6 Å². The number of aryl methyl sites for hydroxylation is 1. The molecule has 0 radical (unpaired) electrons. The molecule has 2 heterocycles. The molecule has 7 heteroatoms. The van der Waals surface area contributed by atoms with E-state index < -0.39 is 0 Å². The summed E-state index contributed by atoms with van der Waals surface area (Å²) in [6, 6.07) is 14.7. The van der Waals surface area contributed by atoms with Gasteiger partial charge in [0.15, 0.2) is 0 Å². The Hall–Kier alpha value is -3.16. The number of nitrogens with zero attached hydrogens (tertiary/aromatic N) is 4. The first-order valence-electron chi connectivity index (χ1n) is 12.9. The smallest absolute Gasteiger partial charge is 0.329 e. The van der Waals surface area contributed by atoms with Crippen molar-refractivity contribution < 1.29 is 9.47 Å². The molecule has 5 rings (SSSR count). The summed E-state index contributed by atoms with van der Waals surface area (Å²) in [6.45, 7) is 1.71. The summed E-state index contributed by atoms with van der Waals surface area (Å²) in [5.74, 6) is 0.879. The van der Waals surface area contributed by atoms with Crippen LogP contribution in [0.3, 0.4) is 0 Å². The summed E-state index contributed by atoms with van der Waals surface area (Å²) in [5.41, 5.74) is 4.95. The highest BCUT2D eigenvalue weighted by atomic mass is 16.5. The van der Waals surface area contributed by atoms with Gasteiger partial charge in [-0.2, -0.15) is 0 Å². The van der Waals surface area contributed by atoms with Gasteiger partial charge in [0.25, 0.3) is 0 Å². The largest absolute Gasteiger partial charge is 0.494 e. The van der Waals surface area contributed by atoms with Crippen molar-refractivity contribution in [1.82, 2.24) is 19.0 Å². The van der Waals surface area contributed by atoms with Crippen LogP contribution >= 0.6 is 0 Å². The van der Waals surface area contributed by atoms with E-state index >= 15 is 0 Å². The Morgan fingerprint density at radius 1 is 1.08 bits per heavy atom. The van der Waals surface area contributed by atoms with Crippen molar-refractivity contribution in [2.24, 2.45) is 7.05 Å². The predicted molar refractivity (Wildman–Crippen MR) is 145 cm³/mol. The van der Waals surface area contributed by atoms with E-state index in [-0.39, 0.29) is 17.8 Å². The van der Waals surface area contributed by atoms with Crippen molar-refractivity contribution in [2.75, 3.05) is 34.4 Å². The molecule has 0 saturated heterocycles. The number of pyridine rings is 1. The van der Waals surface area contributed by atoms with Crippen molar-refractivity contribution >= 4 is 21.9 Å². The molecule has 1 aliphatic carbocycles. The fourth-order valence-corrected chi connectivity index (χ4v) is 5.43. The first-order chi connectivity index (χ1) is 17.5. The topological polar surface area (TPSA) is 61.5 Å². The summed E-state index contributed by atoms with van der Waals surface area (Å²) in [7, 11) is 7.75. The summed E-state index contributed by atoms with van der Waals surface area (Å²) in [4.78, 5) is 20.2. The predicted octanol–water partition coefficient (Wildman–Crippen LogP) is 5.02. The third-order valence-corrected chi connectivity index (χ3v) is 7.42. The van der Waals surface area contributed by atoms with Gasteiger partial charge in [-0.15, -0.1) is 0 Å². The second-order valence-corrected chi connectivity index (χ2v) is 10.1. The lowest BCUT2D eigenvalue weighted by atomic mass is 9.92. The zero-order valence-corrected chi connectivity index (χ0v) is 21.7. The number of hydrogen-bond acceptors (Lipinski definition) is 5. The fraction of sp³-hybridized carbons (Fsp3) is 0.448. The van der Waals surface area contributed by atoms with E-state index in [1.54, 1.807) is 11.7 Å². The first-order valence-corrected chi connectivity index (χ1v) is 12.9. The summed E-state index contributed by atoms with van der Waals surface area (Å²) >= 11 is 0. The van der Waals surface area contributed by atoms with Gasteiger partial charge in [0.05, 0.1) is 35.5 Å². The van der Waals surface area contributed by atoms with Crippen LogP contribution in [0.4, 0.5) is 0 Å². The molecule has 1 aliphatic rings. The molecule has 1 saturated carbocycles. The maximum Gasteiger partial charge on any atom is 0.329 e. The molecule has 2 aromatic heterocycles. The standard InChI is InChI=1S/C29H36N4O3/c1-31(2)15-6-16-36-23-12-9-20(10-13-23)21-11-14-26-25(17-21)28-27(19-30-26)32(3)29(34)33(28)22-7-5-8-24(18-22)35-4/h9-14,17,19,22,24H,5-8,15-16,18H2,1-4H3/t22-,24-/m0/s1. The SMILES string of the molecule is CO[C@H]1CCC[C@H](n2c(=O)n(C)c3cnc4ccc(-c5ccc(OCCCN(C)C)cc5)cc4c32)C1. The molecule has 0 N–H and O–H groups in total. The van der Waals surface area contributed by atoms with Crippen molar-refractivity contribution in [3.8, 4) is 16.9 Å². The van der Waals surface area contributed by atoms with Crippen LogP contribution in [-0.2, 0) is 11.8 Å². The number of benzene rings is 2. The minimum Gasteiger partial charge on any atom is -0.494 e. The van der Waals surface area contributed by atoms with Gasteiger partial charge < -0.3 is 14.4 Å². The lowest BCUT2D eigenvalue weighted by molar-refractivity contribution is 0.0531. The first kappa shape index (κ1) is 24.5. The second kappa shape index (κ2) is 10.4. The van der Waals surface area contributed by atoms with Crippen LogP contribution in [0.1, 0.15) is 38.1 Å². The molecule has 190 valence electrons. The van der Waals surface area contributed by atoms with E-state index in [1.165, 1.54) is 0 Å². The number of ether oxygens (including phenoxy) is 2. The molecule has 2 atom stereocenters. The summed E-state index contributed by atoms with van der Waals surface area (Å²) < 4.78 is 15.3. The molecule has 2 aromatic carbocycles. The third-order valence-electron chi connectivity index (χ3n) is 7.42. The molecule has 4 aromatic rings. The zero-order valence-electron chi connectivity index (χ0n) is 21.7. The molecule has 0 aliphatic heterocycles. The van der Waals surface area contributed by atoms with E-state index in [0.29, 0.717) is 6.61 Å². The van der Waals surface area contributed by atoms with Gasteiger partial charge in [-0.3, -0.25) is 14.1 Å². The van der Waals surface area contributed by atoms with Crippen LogP contribution in [-0.4, -0.2) is 59.5 Å². The summed E-state index contributed by atoms with van der Waals surface area (Å²) in [5, 5.41) is 1.01. The Labute approximate surface area is 212 Å². The highest BCUT2D eigenvalue weighted by molar-refractivity contribution is 6.04. The fourth-order valence-electron chi connectivity index (χ4n) is 5.43. The van der Waals surface area contributed by atoms with E-state index in [4.69, 9.17) is 9.47 Å². The lowest BCUT2D eigenvalue weighted by Crippen LogP contribution is -2.31. The number of aromatic nitrogens is 3. The Morgan fingerprint density at radius 3 is 2.61 bits per heavy atom. The van der Waals surface area contributed by atoms with Crippen LogP contribution in [0, 0.1) is 0 Å². The highest BCUT2D eigenvalue weighted by Gasteiger charge is 2.27. The van der Waals surface area contributed by atoms with Crippen LogP contribution in [0.5, 0.6) is 5.75 Å². The van der Waals surface area contributed by atoms with E-state index in [2.05, 4.69) is 54.3 Å². The Bertz CT molecular complexity index is 1400. The minimum atomic E-state index is 0.0159. The molecule has 0 amide bonds. The Kier molecular flexibility index (Phi) is 7.12. The van der Waals surface area contributed by atoms with Crippen molar-refractivity contribution in [2.45, 2.75) is 44.2 Å². The van der Waals surface area contributed by atoms with Gasteiger partial charge in [0.1, 0.15) is 5.75 Å². The number of methoxy groups -OCH3 is 1. The van der Waals surface area contributed by atoms with Gasteiger partial charge in [-0.1, -0.05) is 18.2 Å². The molecule has 0 bridgehead atoms. The Morgan fingerprint density at radius 2 is 1.86 bits per heavy atom. The van der Waals surface area contributed by atoms with Crippen LogP contribution < -0.4 is 10.4 Å². The summed E-state index contributed by atoms with van der Waals surface area (Å²) in [6.07, 6.45) is 6.96. The normalized spacial score (nSPS) is 18.4. The maximum absolute atomic E-state index is 13.4. The van der Waals surface area contributed by atoms with Crippen LogP contribution in [0.2, 0.25) is 0 Å². The van der Waals surface area contributed by atoms with Crippen LogP contribution in [0.15, 0.2) is 53.5 Å². The van der Waals surface area contributed by atoms with Gasteiger partial charge >= 0.3 is 5.69 Å². The number of hydrogen-bond donors (Lipinski definition) is 0.